The van der Waals surface area contributed by atoms with E-state index in [9.17, 15) is 5.11 Å². The smallest absolute Gasteiger partial charge is 0.160 e. The molecule has 7 heteroatoms. The third-order valence-electron chi connectivity index (χ3n) is 7.63. The standard InChI is InChI=1S/C30H25F2N3O2/c1-37-26-14-19(18(13-25(26)36)28-22(31)7-4-8-23(28)32)29-21-11-15-5-2-3-6-17(15)27(21)20-12-16(30(33)34)9-10-24(20)35-29/h2-10,12-14,21,27,29,35-36H,11H2,1H3,(H3,33,34). The van der Waals surface area contributed by atoms with Crippen molar-refractivity contribution in [3.8, 4) is 22.6 Å². The fraction of sp³-hybridized carbons (Fsp3) is 0.167. The zero-order chi connectivity index (χ0) is 25.8. The lowest BCUT2D eigenvalue weighted by Crippen LogP contribution is -2.31. The highest BCUT2D eigenvalue weighted by Crippen LogP contribution is 2.55. The second kappa shape index (κ2) is 8.62. The van der Waals surface area contributed by atoms with Crippen molar-refractivity contribution in [2.45, 2.75) is 18.4 Å². The zero-order valence-corrected chi connectivity index (χ0v) is 20.1. The van der Waals surface area contributed by atoms with Crippen molar-refractivity contribution in [3.05, 3.63) is 112 Å². The van der Waals surface area contributed by atoms with Crippen molar-refractivity contribution >= 4 is 11.5 Å². The number of ether oxygens (including phenoxy) is 1. The molecule has 0 fully saturated rings. The Balaban J connectivity index is 1.60. The lowest BCUT2D eigenvalue weighted by atomic mass is 9.74. The first-order valence-electron chi connectivity index (χ1n) is 12.0. The molecule has 0 saturated carbocycles. The quantitative estimate of drug-likeness (QED) is 0.203. The molecule has 1 heterocycles. The molecule has 5 N–H and O–H groups in total. The van der Waals surface area contributed by atoms with Crippen LogP contribution >= 0.6 is 0 Å². The minimum absolute atomic E-state index is 0.00468. The topological polar surface area (TPSA) is 91.4 Å². The Kier molecular flexibility index (Phi) is 5.37. The van der Waals surface area contributed by atoms with Gasteiger partial charge in [-0.3, -0.25) is 5.41 Å². The Morgan fingerprint density at radius 1 is 0.973 bits per heavy atom. The van der Waals surface area contributed by atoms with Gasteiger partial charge in [0, 0.05) is 17.2 Å². The molecule has 1 aliphatic carbocycles. The first kappa shape index (κ1) is 23.0. The van der Waals surface area contributed by atoms with E-state index in [4.69, 9.17) is 15.9 Å². The molecular weight excluding hydrogens is 472 g/mol. The Morgan fingerprint density at radius 2 is 1.73 bits per heavy atom. The summed E-state index contributed by atoms with van der Waals surface area (Å²) in [5, 5.41) is 22.2. The fourth-order valence-corrected chi connectivity index (χ4v) is 6.01. The van der Waals surface area contributed by atoms with Gasteiger partial charge in [-0.05, 0) is 82.6 Å². The van der Waals surface area contributed by atoms with Gasteiger partial charge in [-0.15, -0.1) is 0 Å². The first-order valence-corrected chi connectivity index (χ1v) is 12.0. The average molecular weight is 498 g/mol. The van der Waals surface area contributed by atoms with Crippen LogP contribution in [0.5, 0.6) is 11.5 Å². The monoisotopic (exact) mass is 497 g/mol. The molecule has 1 aliphatic heterocycles. The number of phenolic OH excluding ortho intramolecular Hbond substituents is 1. The molecular formula is C30H25F2N3O2. The number of benzene rings is 4. The van der Waals surface area contributed by atoms with Gasteiger partial charge >= 0.3 is 0 Å². The number of fused-ring (bicyclic) bond motifs is 5. The summed E-state index contributed by atoms with van der Waals surface area (Å²) in [7, 11) is 1.45. The van der Waals surface area contributed by atoms with Crippen LogP contribution < -0.4 is 15.8 Å². The van der Waals surface area contributed by atoms with Gasteiger partial charge in [-0.2, -0.15) is 0 Å². The molecule has 186 valence electrons. The number of halogens is 2. The van der Waals surface area contributed by atoms with E-state index in [2.05, 4.69) is 17.4 Å². The molecule has 2 aliphatic rings. The number of hydrogen-bond donors (Lipinski definition) is 4. The lowest BCUT2D eigenvalue weighted by molar-refractivity contribution is 0.370. The number of nitrogen functional groups attached to an aromatic ring is 1. The lowest BCUT2D eigenvalue weighted by Gasteiger charge is -2.39. The molecule has 0 bridgehead atoms. The van der Waals surface area contributed by atoms with Crippen molar-refractivity contribution in [2.24, 2.45) is 11.7 Å². The van der Waals surface area contributed by atoms with E-state index in [1.807, 2.05) is 24.3 Å². The van der Waals surface area contributed by atoms with E-state index < -0.39 is 11.6 Å². The molecule has 0 radical (unpaired) electrons. The van der Waals surface area contributed by atoms with Gasteiger partial charge in [-0.1, -0.05) is 30.3 Å². The number of anilines is 1. The molecule has 6 rings (SSSR count). The van der Waals surface area contributed by atoms with Crippen LogP contribution in [0.15, 0.2) is 72.8 Å². The second-order valence-corrected chi connectivity index (χ2v) is 9.59. The molecule has 37 heavy (non-hydrogen) atoms. The zero-order valence-electron chi connectivity index (χ0n) is 20.1. The highest BCUT2D eigenvalue weighted by molar-refractivity contribution is 5.96. The van der Waals surface area contributed by atoms with Gasteiger partial charge in [0.15, 0.2) is 11.5 Å². The van der Waals surface area contributed by atoms with Crippen LogP contribution in [0.1, 0.15) is 39.8 Å². The number of phenols is 1. The summed E-state index contributed by atoms with van der Waals surface area (Å²) < 4.78 is 35.5. The SMILES string of the molecule is COc1cc(C2Nc3ccc(C(=N)N)cc3C3c4ccccc4CC23)c(-c2c(F)cccc2F)cc1O. The van der Waals surface area contributed by atoms with E-state index in [0.29, 0.717) is 11.1 Å². The van der Waals surface area contributed by atoms with Crippen LogP contribution in [0.3, 0.4) is 0 Å². The maximum atomic E-state index is 15.0. The summed E-state index contributed by atoms with van der Waals surface area (Å²) in [4.78, 5) is 0. The number of nitrogens with two attached hydrogens (primary N) is 1. The number of rotatable bonds is 4. The molecule has 4 aromatic rings. The molecule has 4 aromatic carbocycles. The number of nitrogens with one attached hydrogen (secondary N) is 2. The molecule has 3 atom stereocenters. The predicted molar refractivity (Wildman–Crippen MR) is 139 cm³/mol. The van der Waals surface area contributed by atoms with E-state index in [1.165, 1.54) is 42.5 Å². The third kappa shape index (κ3) is 3.61. The predicted octanol–water partition coefficient (Wildman–Crippen LogP) is 6.10. The normalized spacial score (nSPS) is 19.4. The minimum atomic E-state index is -0.709. The van der Waals surface area contributed by atoms with Crippen LogP contribution in [0.2, 0.25) is 0 Å². The Bertz CT molecular complexity index is 1550. The van der Waals surface area contributed by atoms with Gasteiger partial charge in [0.1, 0.15) is 17.5 Å². The molecule has 5 nitrogen and oxygen atoms in total. The molecule has 0 spiro atoms. The van der Waals surface area contributed by atoms with Gasteiger partial charge in [0.2, 0.25) is 0 Å². The van der Waals surface area contributed by atoms with Crippen molar-refractivity contribution in [1.29, 1.82) is 5.41 Å². The number of hydrogen-bond acceptors (Lipinski definition) is 4. The second-order valence-electron chi connectivity index (χ2n) is 9.59. The van der Waals surface area contributed by atoms with E-state index >= 15 is 8.78 Å². The Hall–Kier alpha value is -4.39. The minimum Gasteiger partial charge on any atom is -0.504 e. The average Bonchev–Trinajstić information content (AvgIpc) is 3.28. The summed E-state index contributed by atoms with van der Waals surface area (Å²) in [6.45, 7) is 0. The summed E-state index contributed by atoms with van der Waals surface area (Å²) >= 11 is 0. The highest BCUT2D eigenvalue weighted by atomic mass is 19.1. The summed E-state index contributed by atoms with van der Waals surface area (Å²) in [5.41, 5.74) is 11.4. The van der Waals surface area contributed by atoms with E-state index in [0.717, 1.165) is 17.7 Å². The highest BCUT2D eigenvalue weighted by Gasteiger charge is 2.44. The van der Waals surface area contributed by atoms with Crippen molar-refractivity contribution < 1.29 is 18.6 Å². The summed E-state index contributed by atoms with van der Waals surface area (Å²) in [6, 6.07) is 20.3. The molecule has 0 amide bonds. The van der Waals surface area contributed by atoms with Crippen molar-refractivity contribution in [1.82, 2.24) is 0 Å². The van der Waals surface area contributed by atoms with Crippen LogP contribution in [-0.4, -0.2) is 18.1 Å². The number of amidine groups is 1. The largest absolute Gasteiger partial charge is 0.504 e. The Morgan fingerprint density at radius 3 is 2.46 bits per heavy atom. The summed E-state index contributed by atoms with van der Waals surface area (Å²) in [5.74, 6) is -1.42. The van der Waals surface area contributed by atoms with Gasteiger partial charge in [-0.25, -0.2) is 8.78 Å². The van der Waals surface area contributed by atoms with E-state index in [1.54, 1.807) is 12.1 Å². The maximum absolute atomic E-state index is 15.0. The van der Waals surface area contributed by atoms with Crippen molar-refractivity contribution in [2.75, 3.05) is 12.4 Å². The van der Waals surface area contributed by atoms with Gasteiger partial charge in [0.25, 0.3) is 0 Å². The van der Waals surface area contributed by atoms with Crippen LogP contribution in [0, 0.1) is 23.0 Å². The van der Waals surface area contributed by atoms with Gasteiger partial charge < -0.3 is 20.9 Å². The third-order valence-corrected chi connectivity index (χ3v) is 7.63. The fourth-order valence-electron chi connectivity index (χ4n) is 6.01. The molecule has 3 unspecified atom stereocenters. The number of methoxy groups -OCH3 is 1. The summed E-state index contributed by atoms with van der Waals surface area (Å²) in [6.07, 6.45) is 0.741. The first-order chi connectivity index (χ1) is 17.9. The number of aromatic hydroxyl groups is 1. The molecule has 0 aromatic heterocycles. The van der Waals surface area contributed by atoms with Crippen LogP contribution in [0.4, 0.5) is 14.5 Å². The molecule has 0 saturated heterocycles. The maximum Gasteiger partial charge on any atom is 0.160 e. The Labute approximate surface area is 213 Å². The van der Waals surface area contributed by atoms with Crippen LogP contribution in [-0.2, 0) is 6.42 Å². The van der Waals surface area contributed by atoms with Gasteiger partial charge in [0.05, 0.1) is 18.7 Å². The van der Waals surface area contributed by atoms with Crippen LogP contribution in [0.25, 0.3) is 11.1 Å². The van der Waals surface area contributed by atoms with Crippen molar-refractivity contribution in [3.63, 3.8) is 0 Å². The van der Waals surface area contributed by atoms with E-state index in [-0.39, 0.29) is 46.3 Å².